The molecule has 4 heterocycles. The minimum Gasteiger partial charge on any atom is -0.251 e. The predicted octanol–water partition coefficient (Wildman–Crippen LogP) is 7.43. The van der Waals surface area contributed by atoms with Gasteiger partial charge in [0.25, 0.3) is 0 Å². The number of pyridine rings is 3. The van der Waals surface area contributed by atoms with Crippen molar-refractivity contribution in [1.82, 2.24) is 24.9 Å². The van der Waals surface area contributed by atoms with Crippen molar-refractivity contribution in [2.45, 2.75) is 6.85 Å². The van der Waals surface area contributed by atoms with Crippen molar-refractivity contribution in [2.24, 2.45) is 0 Å². The minimum absolute atomic E-state index is 0.0440. The van der Waals surface area contributed by atoms with E-state index in [2.05, 4.69) is 4.98 Å². The van der Waals surface area contributed by atoms with Crippen LogP contribution in [-0.4, -0.2) is 24.9 Å². The number of rotatable bonds is 3. The number of aromatic nitrogens is 5. The van der Waals surface area contributed by atoms with E-state index in [4.69, 9.17) is 24.0 Å². The van der Waals surface area contributed by atoms with Crippen LogP contribution in [0.25, 0.3) is 66.9 Å². The van der Waals surface area contributed by atoms with Crippen molar-refractivity contribution < 1.29 is 4.11 Å². The molecule has 174 valence electrons. The van der Waals surface area contributed by atoms with E-state index in [0.717, 1.165) is 32.9 Å². The zero-order chi connectivity index (χ0) is 27.3. The van der Waals surface area contributed by atoms with Gasteiger partial charge in [-0.15, -0.1) is 0 Å². The highest BCUT2D eigenvalue weighted by atomic mass is 14.9. The van der Waals surface area contributed by atoms with Gasteiger partial charge in [0, 0.05) is 31.5 Å². The van der Waals surface area contributed by atoms with E-state index in [9.17, 15) is 0 Å². The van der Waals surface area contributed by atoms with Gasteiger partial charge in [-0.1, -0.05) is 78.9 Å². The van der Waals surface area contributed by atoms with Crippen LogP contribution in [-0.2, 0) is 0 Å². The van der Waals surface area contributed by atoms with E-state index in [-0.39, 0.29) is 5.69 Å². The first-order valence-corrected chi connectivity index (χ1v) is 12.0. The van der Waals surface area contributed by atoms with Crippen LogP contribution in [0.2, 0.25) is 0 Å². The Kier molecular flexibility index (Phi) is 4.23. The fraction of sp³-hybridized carbons (Fsp3) is 0.0312. The molecule has 0 fully saturated rings. The molecule has 0 saturated heterocycles. The van der Waals surface area contributed by atoms with Gasteiger partial charge >= 0.3 is 0 Å². The second kappa shape index (κ2) is 8.57. The first kappa shape index (κ1) is 18.3. The smallest absolute Gasteiger partial charge is 0.179 e. The number of para-hydroxylation sites is 1. The van der Waals surface area contributed by atoms with Gasteiger partial charge in [-0.3, -0.25) is 4.98 Å². The average Bonchev–Trinajstić information content (AvgIpc) is 3.00. The minimum atomic E-state index is -2.30. The first-order valence-electron chi connectivity index (χ1n) is 13.5. The molecule has 0 bridgehead atoms. The van der Waals surface area contributed by atoms with Crippen molar-refractivity contribution in [3.05, 3.63) is 115 Å². The molecule has 3 aromatic carbocycles. The van der Waals surface area contributed by atoms with Crippen molar-refractivity contribution in [3.8, 4) is 34.2 Å². The SMILES string of the molecule is [2H]C([2H])([2H])c1ccc2ccc3ccc(-c4cccc(-c5nc(-c6ccccc6)c6ccccc6n5)n4)nc3c2n1. The Morgan fingerprint density at radius 3 is 2.08 bits per heavy atom. The van der Waals surface area contributed by atoms with Gasteiger partial charge in [0.1, 0.15) is 5.69 Å². The summed E-state index contributed by atoms with van der Waals surface area (Å²) in [5.41, 5.74) is 5.84. The van der Waals surface area contributed by atoms with Gasteiger partial charge in [0.2, 0.25) is 0 Å². The number of benzene rings is 3. The summed E-state index contributed by atoms with van der Waals surface area (Å²) in [7, 11) is 0. The van der Waals surface area contributed by atoms with Crippen molar-refractivity contribution in [2.75, 3.05) is 0 Å². The Morgan fingerprint density at radius 2 is 1.22 bits per heavy atom. The third-order valence-corrected chi connectivity index (χ3v) is 6.41. The lowest BCUT2D eigenvalue weighted by atomic mass is 10.1. The third-order valence-electron chi connectivity index (χ3n) is 6.41. The summed E-state index contributed by atoms with van der Waals surface area (Å²) in [5.74, 6) is 0.523. The van der Waals surface area contributed by atoms with Crippen molar-refractivity contribution >= 4 is 32.7 Å². The number of hydrogen-bond acceptors (Lipinski definition) is 5. The lowest BCUT2D eigenvalue weighted by Crippen LogP contribution is -1.98. The molecule has 0 N–H and O–H groups in total. The zero-order valence-corrected chi connectivity index (χ0v) is 19.6. The van der Waals surface area contributed by atoms with Gasteiger partial charge in [-0.25, -0.2) is 19.9 Å². The van der Waals surface area contributed by atoms with Crippen LogP contribution in [0.3, 0.4) is 0 Å². The van der Waals surface area contributed by atoms with Crippen LogP contribution < -0.4 is 0 Å². The molecule has 7 aromatic rings. The molecule has 7 rings (SSSR count). The van der Waals surface area contributed by atoms with Gasteiger partial charge in [0.15, 0.2) is 5.82 Å². The Bertz CT molecular complexity index is 2060. The van der Waals surface area contributed by atoms with E-state index in [0.29, 0.717) is 33.9 Å². The van der Waals surface area contributed by atoms with Crippen molar-refractivity contribution in [3.63, 3.8) is 0 Å². The Hall–Kier alpha value is -5.03. The highest BCUT2D eigenvalue weighted by Crippen LogP contribution is 2.30. The molecule has 0 saturated carbocycles. The lowest BCUT2D eigenvalue weighted by molar-refractivity contribution is 1.17. The second-order valence-corrected chi connectivity index (χ2v) is 8.79. The molecule has 0 aliphatic carbocycles. The number of hydrogen-bond donors (Lipinski definition) is 0. The molecular weight excluding hydrogens is 454 g/mol. The van der Waals surface area contributed by atoms with Gasteiger partial charge < -0.3 is 0 Å². The van der Waals surface area contributed by atoms with Crippen LogP contribution in [0.5, 0.6) is 0 Å². The quantitative estimate of drug-likeness (QED) is 0.247. The van der Waals surface area contributed by atoms with Gasteiger partial charge in [-0.05, 0) is 37.2 Å². The molecule has 0 radical (unpaired) electrons. The molecule has 0 atom stereocenters. The molecule has 0 amide bonds. The summed E-state index contributed by atoms with van der Waals surface area (Å²) in [4.78, 5) is 24.0. The van der Waals surface area contributed by atoms with E-state index in [1.54, 1.807) is 12.1 Å². The summed E-state index contributed by atoms with van der Waals surface area (Å²) in [6, 6.07) is 34.8. The third kappa shape index (κ3) is 3.78. The molecule has 4 aromatic heterocycles. The molecule has 5 heteroatoms. The van der Waals surface area contributed by atoms with E-state index in [1.165, 1.54) is 0 Å². The maximum atomic E-state index is 7.79. The molecule has 37 heavy (non-hydrogen) atoms. The predicted molar refractivity (Wildman–Crippen MR) is 149 cm³/mol. The van der Waals surface area contributed by atoms with Crippen LogP contribution in [0.15, 0.2) is 109 Å². The Morgan fingerprint density at radius 1 is 0.514 bits per heavy atom. The number of fused-ring (bicyclic) bond motifs is 4. The monoisotopic (exact) mass is 478 g/mol. The molecule has 0 aliphatic rings. The molecule has 0 aliphatic heterocycles. The largest absolute Gasteiger partial charge is 0.251 e. The highest BCUT2D eigenvalue weighted by molar-refractivity contribution is 6.03. The zero-order valence-electron chi connectivity index (χ0n) is 22.6. The summed E-state index contributed by atoms with van der Waals surface area (Å²) < 4.78 is 23.4. The Balaban J connectivity index is 1.37. The van der Waals surface area contributed by atoms with E-state index in [1.807, 2.05) is 97.1 Å². The second-order valence-electron chi connectivity index (χ2n) is 8.79. The topological polar surface area (TPSA) is 64.5 Å². The fourth-order valence-electron chi connectivity index (χ4n) is 4.62. The lowest BCUT2D eigenvalue weighted by Gasteiger charge is -2.10. The summed E-state index contributed by atoms with van der Waals surface area (Å²) in [5, 5.41) is 2.67. The average molecular weight is 479 g/mol. The standard InChI is InChI=1S/C32H21N5/c1-20-14-15-22-16-17-23-18-19-27(35-31(23)30(22)33-20)26-12-7-13-28(34-26)32-36-25-11-6-5-10-24(25)29(37-32)21-8-3-2-4-9-21/h2-19H,1H3/i1D3. The molecule has 5 nitrogen and oxygen atoms in total. The fourth-order valence-corrected chi connectivity index (χ4v) is 4.62. The maximum Gasteiger partial charge on any atom is 0.179 e. The number of aryl methyl sites for hydroxylation is 1. The van der Waals surface area contributed by atoms with Crippen LogP contribution in [0.4, 0.5) is 0 Å². The summed E-state index contributed by atoms with van der Waals surface area (Å²) >= 11 is 0. The highest BCUT2D eigenvalue weighted by Gasteiger charge is 2.14. The summed E-state index contributed by atoms with van der Waals surface area (Å²) in [6.45, 7) is -2.30. The normalized spacial score (nSPS) is 12.9. The van der Waals surface area contributed by atoms with E-state index >= 15 is 0 Å². The Labute approximate surface area is 217 Å². The first-order chi connectivity index (χ1) is 19.4. The molecule has 0 unspecified atom stereocenters. The maximum absolute atomic E-state index is 7.79. The van der Waals surface area contributed by atoms with E-state index < -0.39 is 6.85 Å². The van der Waals surface area contributed by atoms with Crippen LogP contribution in [0.1, 0.15) is 9.81 Å². The number of nitrogens with zero attached hydrogens (tertiary/aromatic N) is 5. The molecule has 0 spiro atoms. The van der Waals surface area contributed by atoms with Gasteiger partial charge in [0.05, 0.1) is 33.6 Å². The molecular formula is C32H21N5. The van der Waals surface area contributed by atoms with Crippen molar-refractivity contribution in [1.29, 1.82) is 0 Å². The van der Waals surface area contributed by atoms with Crippen LogP contribution >= 0.6 is 0 Å². The van der Waals surface area contributed by atoms with Crippen LogP contribution in [0, 0.1) is 6.85 Å². The van der Waals surface area contributed by atoms with Gasteiger partial charge in [-0.2, -0.15) is 0 Å². The summed E-state index contributed by atoms with van der Waals surface area (Å²) in [6.07, 6.45) is 0.